The summed E-state index contributed by atoms with van der Waals surface area (Å²) in [5.74, 6) is 0. The van der Waals surface area contributed by atoms with Crippen molar-refractivity contribution in [1.82, 2.24) is 9.47 Å². The van der Waals surface area contributed by atoms with Gasteiger partial charge < -0.3 is 4.57 Å². The average Bonchev–Trinajstić information content (AvgIpc) is 3.14. The molecule has 3 nitrogen and oxygen atoms in total. The van der Waals surface area contributed by atoms with Crippen LogP contribution < -0.4 is 0 Å². The molecular formula is C17H19N3S2. The van der Waals surface area contributed by atoms with E-state index >= 15 is 0 Å². The monoisotopic (exact) mass is 329 g/mol. The molecule has 1 atom stereocenters. The summed E-state index contributed by atoms with van der Waals surface area (Å²) in [5, 5.41) is 11.5. The summed E-state index contributed by atoms with van der Waals surface area (Å²) in [6, 6.07) is 9.13. The summed E-state index contributed by atoms with van der Waals surface area (Å²) in [6.07, 6.45) is 2.41. The van der Waals surface area contributed by atoms with Crippen LogP contribution in [0.25, 0.3) is 0 Å². The van der Waals surface area contributed by atoms with Gasteiger partial charge in [0.25, 0.3) is 0 Å². The molecule has 114 valence electrons. The van der Waals surface area contributed by atoms with Crippen molar-refractivity contribution in [1.29, 1.82) is 5.26 Å². The molecule has 0 N–H and O–H groups in total. The Kier molecular flexibility index (Phi) is 4.44. The predicted molar refractivity (Wildman–Crippen MR) is 92.5 cm³/mol. The number of pyridine rings is 1. The molecule has 3 rings (SSSR count). The van der Waals surface area contributed by atoms with Gasteiger partial charge in [-0.25, -0.2) is 0 Å². The van der Waals surface area contributed by atoms with E-state index in [0.29, 0.717) is 16.2 Å². The summed E-state index contributed by atoms with van der Waals surface area (Å²) < 4.78 is 2.77. The number of hydrogen-bond donors (Lipinski definition) is 0. The summed E-state index contributed by atoms with van der Waals surface area (Å²) in [7, 11) is 0. The van der Waals surface area contributed by atoms with Gasteiger partial charge in [0.15, 0.2) is 0 Å². The van der Waals surface area contributed by atoms with Crippen molar-refractivity contribution in [2.45, 2.75) is 39.4 Å². The highest BCUT2D eigenvalue weighted by Gasteiger charge is 2.27. The van der Waals surface area contributed by atoms with E-state index in [2.05, 4.69) is 46.0 Å². The Morgan fingerprint density at radius 3 is 2.95 bits per heavy atom. The van der Waals surface area contributed by atoms with Crippen molar-refractivity contribution in [2.24, 2.45) is 0 Å². The van der Waals surface area contributed by atoms with Crippen molar-refractivity contribution in [2.75, 3.05) is 6.54 Å². The molecule has 5 heteroatoms. The molecule has 0 radical (unpaired) electrons. The van der Waals surface area contributed by atoms with Crippen molar-refractivity contribution in [3.63, 3.8) is 0 Å². The second-order valence-electron chi connectivity index (χ2n) is 5.82. The lowest BCUT2D eigenvalue weighted by atomic mass is 10.1. The van der Waals surface area contributed by atoms with E-state index in [1.165, 1.54) is 17.7 Å². The van der Waals surface area contributed by atoms with Crippen LogP contribution in [0.3, 0.4) is 0 Å². The molecule has 0 amide bonds. The van der Waals surface area contributed by atoms with Gasteiger partial charge >= 0.3 is 0 Å². The Morgan fingerprint density at radius 1 is 1.45 bits per heavy atom. The fourth-order valence-electron chi connectivity index (χ4n) is 3.22. The van der Waals surface area contributed by atoms with Crippen LogP contribution in [0.5, 0.6) is 0 Å². The first-order valence-corrected chi connectivity index (χ1v) is 8.79. The van der Waals surface area contributed by atoms with Gasteiger partial charge in [0, 0.05) is 23.2 Å². The van der Waals surface area contributed by atoms with E-state index in [4.69, 9.17) is 12.2 Å². The lowest BCUT2D eigenvalue weighted by Gasteiger charge is -2.26. The number of nitriles is 1. The molecular weight excluding hydrogens is 310 g/mol. The maximum atomic E-state index is 9.34. The Bertz CT molecular complexity index is 768. The summed E-state index contributed by atoms with van der Waals surface area (Å²) >= 11 is 7.38. The van der Waals surface area contributed by atoms with Gasteiger partial charge in [0.1, 0.15) is 10.7 Å². The lowest BCUT2D eigenvalue weighted by Crippen LogP contribution is -2.27. The molecule has 0 spiro atoms. The first-order valence-electron chi connectivity index (χ1n) is 7.50. The zero-order valence-electron chi connectivity index (χ0n) is 12.9. The molecule has 2 aromatic heterocycles. The number of thiophene rings is 1. The number of aryl methyl sites for hydroxylation is 2. The molecule has 0 saturated carbocycles. The highest BCUT2D eigenvalue weighted by molar-refractivity contribution is 7.71. The minimum Gasteiger partial charge on any atom is -0.322 e. The SMILES string of the molecule is Cc1cc(C)n(CN2CCC[C@H]2c2cccs2)c(=S)c1C#N. The zero-order chi connectivity index (χ0) is 15.7. The number of nitrogens with zero attached hydrogens (tertiary/aromatic N) is 3. The number of aromatic nitrogens is 1. The summed E-state index contributed by atoms with van der Waals surface area (Å²) in [6.45, 7) is 5.87. The van der Waals surface area contributed by atoms with Crippen LogP contribution in [0, 0.1) is 29.8 Å². The first kappa shape index (κ1) is 15.4. The van der Waals surface area contributed by atoms with E-state index < -0.39 is 0 Å². The molecule has 1 aliphatic heterocycles. The zero-order valence-corrected chi connectivity index (χ0v) is 14.5. The lowest BCUT2D eigenvalue weighted by molar-refractivity contribution is 0.201. The number of rotatable bonds is 3. The third-order valence-corrected chi connectivity index (χ3v) is 5.77. The highest BCUT2D eigenvalue weighted by Crippen LogP contribution is 2.35. The van der Waals surface area contributed by atoms with Gasteiger partial charge in [-0.2, -0.15) is 5.26 Å². The molecule has 3 heterocycles. The maximum Gasteiger partial charge on any atom is 0.125 e. The normalized spacial score (nSPS) is 18.5. The number of hydrogen-bond acceptors (Lipinski definition) is 4. The highest BCUT2D eigenvalue weighted by atomic mass is 32.1. The second kappa shape index (κ2) is 6.33. The molecule has 0 aromatic carbocycles. The average molecular weight is 329 g/mol. The third kappa shape index (κ3) is 2.74. The molecule has 22 heavy (non-hydrogen) atoms. The Hall–Kier alpha value is -1.48. The van der Waals surface area contributed by atoms with Crippen molar-refractivity contribution >= 4 is 23.6 Å². The molecule has 1 fully saturated rings. The fourth-order valence-corrected chi connectivity index (χ4v) is 4.52. The molecule has 2 aromatic rings. The minimum absolute atomic E-state index is 0.480. The van der Waals surface area contributed by atoms with Gasteiger partial charge in [-0.1, -0.05) is 18.3 Å². The van der Waals surface area contributed by atoms with Crippen LogP contribution in [0.1, 0.15) is 40.6 Å². The quantitative estimate of drug-likeness (QED) is 0.774. The van der Waals surface area contributed by atoms with Crippen LogP contribution in [0.15, 0.2) is 23.6 Å². The molecule has 0 unspecified atom stereocenters. The standard InChI is InChI=1S/C17H19N3S2/c1-12-9-13(2)20(17(21)14(12)10-18)11-19-7-3-5-15(19)16-6-4-8-22-16/h4,6,8-9,15H,3,5,7,11H2,1-2H3/t15-/m0/s1. The van der Waals surface area contributed by atoms with E-state index in [1.807, 2.05) is 18.3 Å². The third-order valence-electron chi connectivity index (χ3n) is 4.37. The van der Waals surface area contributed by atoms with Crippen LogP contribution in [-0.2, 0) is 6.67 Å². The second-order valence-corrected chi connectivity index (χ2v) is 7.18. The van der Waals surface area contributed by atoms with Crippen molar-refractivity contribution < 1.29 is 0 Å². The maximum absolute atomic E-state index is 9.34. The Balaban J connectivity index is 1.94. The van der Waals surface area contributed by atoms with E-state index in [9.17, 15) is 5.26 Å². The van der Waals surface area contributed by atoms with Gasteiger partial charge in [-0.15, -0.1) is 11.3 Å². The van der Waals surface area contributed by atoms with E-state index in [1.54, 1.807) is 0 Å². The van der Waals surface area contributed by atoms with Crippen LogP contribution in [0.4, 0.5) is 0 Å². The molecule has 1 saturated heterocycles. The van der Waals surface area contributed by atoms with E-state index in [0.717, 1.165) is 24.5 Å². The Labute approximate surface area is 140 Å². The van der Waals surface area contributed by atoms with Gasteiger partial charge in [0.2, 0.25) is 0 Å². The molecule has 0 aliphatic carbocycles. The van der Waals surface area contributed by atoms with Crippen molar-refractivity contribution in [3.05, 3.63) is 49.9 Å². The van der Waals surface area contributed by atoms with Gasteiger partial charge in [-0.3, -0.25) is 4.90 Å². The Morgan fingerprint density at radius 2 is 2.27 bits per heavy atom. The largest absolute Gasteiger partial charge is 0.322 e. The summed E-state index contributed by atoms with van der Waals surface area (Å²) in [5.41, 5.74) is 2.73. The molecule has 1 aliphatic rings. The van der Waals surface area contributed by atoms with Gasteiger partial charge in [-0.05, 0) is 49.8 Å². The first-order chi connectivity index (χ1) is 10.6. The fraction of sp³-hybridized carbons (Fsp3) is 0.412. The topological polar surface area (TPSA) is 32.0 Å². The minimum atomic E-state index is 0.480. The van der Waals surface area contributed by atoms with Crippen LogP contribution >= 0.6 is 23.6 Å². The van der Waals surface area contributed by atoms with Crippen LogP contribution in [-0.4, -0.2) is 16.0 Å². The molecule has 0 bridgehead atoms. The summed E-state index contributed by atoms with van der Waals surface area (Å²) in [4.78, 5) is 3.90. The van der Waals surface area contributed by atoms with Gasteiger partial charge in [0.05, 0.1) is 12.2 Å². The smallest absolute Gasteiger partial charge is 0.125 e. The van der Waals surface area contributed by atoms with Crippen LogP contribution in [0.2, 0.25) is 0 Å². The predicted octanol–water partition coefficient (Wildman–Crippen LogP) is 4.56. The van der Waals surface area contributed by atoms with E-state index in [-0.39, 0.29) is 0 Å². The van der Waals surface area contributed by atoms with Crippen molar-refractivity contribution in [3.8, 4) is 6.07 Å². The number of likely N-dealkylation sites (tertiary alicyclic amines) is 1.